The monoisotopic (exact) mass is 533 g/mol. The summed E-state index contributed by atoms with van der Waals surface area (Å²) >= 11 is 2.88. The zero-order chi connectivity index (χ0) is 26.2. The number of guanidine groups is 1. The molecule has 8 heteroatoms. The molecule has 4 rings (SSSR count). The Kier molecular flexibility index (Phi) is 9.55. The molecule has 3 N–H and O–H groups in total. The second kappa shape index (κ2) is 13.0. The number of nitrogens with two attached hydrogens (primary N) is 1. The van der Waals surface area contributed by atoms with Gasteiger partial charge < -0.3 is 4.74 Å². The van der Waals surface area contributed by atoms with Crippen LogP contribution in [-0.4, -0.2) is 42.1 Å². The number of rotatable bonds is 9. The molecule has 37 heavy (non-hydrogen) atoms. The molecule has 0 aliphatic carbocycles. The highest BCUT2D eigenvalue weighted by Gasteiger charge is 2.32. The molecule has 1 heterocycles. The lowest BCUT2D eigenvalue weighted by Gasteiger charge is -2.23. The Labute approximate surface area is 229 Å². The average molecular weight is 534 g/mol. The molecule has 0 bridgehead atoms. The first-order chi connectivity index (χ1) is 18.0. The van der Waals surface area contributed by atoms with Crippen LogP contribution in [0.1, 0.15) is 36.5 Å². The fraction of sp³-hybridized carbons (Fsp3) is 0.310. The summed E-state index contributed by atoms with van der Waals surface area (Å²) in [6.45, 7) is 7.14. The SMILES string of the molecule is COc1ccc(C2=NN(C(=NC(CSN)C(C)C)NSc3ccc(C)cc3)CC2c2ccccc2)cc1. The molecule has 2 unspecified atom stereocenters. The Balaban J connectivity index is 1.70. The van der Waals surface area contributed by atoms with E-state index in [-0.39, 0.29) is 12.0 Å². The molecule has 0 fully saturated rings. The standard InChI is InChI=1S/C29H35N5OS2/c1-20(2)27(19-36-30)31-29(33-37-25-16-10-21(3)11-17-25)34-18-26(22-8-6-5-7-9-22)28(32-34)23-12-14-24(35-4)15-13-23/h5-17,20,26-27H,18-19,30H2,1-4H3,(H,31,33). The Hall–Kier alpha value is -2.94. The highest BCUT2D eigenvalue weighted by molar-refractivity contribution is 7.98. The number of methoxy groups -OCH3 is 1. The zero-order valence-corrected chi connectivity index (χ0v) is 23.4. The predicted octanol–water partition coefficient (Wildman–Crippen LogP) is 6.09. The first kappa shape index (κ1) is 27.1. The molecule has 0 saturated heterocycles. The molecule has 0 saturated carbocycles. The molecule has 3 aromatic carbocycles. The van der Waals surface area contributed by atoms with Gasteiger partial charge in [0.15, 0.2) is 0 Å². The van der Waals surface area contributed by atoms with E-state index in [1.807, 2.05) is 23.2 Å². The first-order valence-electron chi connectivity index (χ1n) is 12.4. The van der Waals surface area contributed by atoms with Crippen LogP contribution < -0.4 is 14.6 Å². The van der Waals surface area contributed by atoms with Gasteiger partial charge in [-0.15, -0.1) is 0 Å². The van der Waals surface area contributed by atoms with Crippen molar-refractivity contribution in [3.8, 4) is 5.75 Å². The summed E-state index contributed by atoms with van der Waals surface area (Å²) in [4.78, 5) is 6.26. The maximum Gasteiger partial charge on any atom is 0.225 e. The van der Waals surface area contributed by atoms with Crippen LogP contribution in [0.15, 0.2) is 93.9 Å². The van der Waals surface area contributed by atoms with Gasteiger partial charge in [-0.05, 0) is 72.3 Å². The number of aliphatic imine (C=N–C) groups is 1. The van der Waals surface area contributed by atoms with Crippen molar-refractivity contribution in [3.05, 3.63) is 95.6 Å². The number of hydrogen-bond acceptors (Lipinski definition) is 6. The van der Waals surface area contributed by atoms with Crippen LogP contribution in [0.2, 0.25) is 0 Å². The van der Waals surface area contributed by atoms with Gasteiger partial charge in [-0.2, -0.15) is 5.10 Å². The number of nitrogens with zero attached hydrogens (tertiary/aromatic N) is 3. The summed E-state index contributed by atoms with van der Waals surface area (Å²) in [5.41, 5.74) is 4.54. The minimum absolute atomic E-state index is 0.0616. The molecular formula is C29H35N5OS2. The summed E-state index contributed by atoms with van der Waals surface area (Å²) in [5, 5.41) is 13.0. The molecule has 0 amide bonds. The van der Waals surface area contributed by atoms with Crippen molar-refractivity contribution < 1.29 is 4.74 Å². The van der Waals surface area contributed by atoms with Crippen LogP contribution in [0.3, 0.4) is 0 Å². The summed E-state index contributed by atoms with van der Waals surface area (Å²) in [7, 11) is 1.68. The highest BCUT2D eigenvalue weighted by Crippen LogP contribution is 2.30. The number of nitrogens with one attached hydrogen (secondary N) is 1. The van der Waals surface area contributed by atoms with E-state index < -0.39 is 0 Å². The highest BCUT2D eigenvalue weighted by atomic mass is 32.2. The molecule has 1 aliphatic heterocycles. The minimum Gasteiger partial charge on any atom is -0.497 e. The van der Waals surface area contributed by atoms with Gasteiger partial charge in [0, 0.05) is 16.6 Å². The van der Waals surface area contributed by atoms with E-state index in [2.05, 4.69) is 86.2 Å². The normalized spacial score (nSPS) is 16.6. The van der Waals surface area contributed by atoms with E-state index in [1.54, 1.807) is 19.1 Å². The smallest absolute Gasteiger partial charge is 0.225 e. The molecule has 3 aromatic rings. The lowest BCUT2D eigenvalue weighted by molar-refractivity contribution is 0.415. The van der Waals surface area contributed by atoms with Crippen LogP contribution in [0.25, 0.3) is 0 Å². The Morgan fingerprint density at radius 1 is 1.08 bits per heavy atom. The van der Waals surface area contributed by atoms with Gasteiger partial charge in [0.2, 0.25) is 5.96 Å². The van der Waals surface area contributed by atoms with Crippen molar-refractivity contribution in [1.29, 1.82) is 0 Å². The maximum absolute atomic E-state index is 5.87. The summed E-state index contributed by atoms with van der Waals surface area (Å²) in [6, 6.07) is 27.2. The summed E-state index contributed by atoms with van der Waals surface area (Å²) in [5.74, 6) is 2.75. The van der Waals surface area contributed by atoms with E-state index >= 15 is 0 Å². The van der Waals surface area contributed by atoms with Crippen LogP contribution >= 0.6 is 23.9 Å². The fourth-order valence-electron chi connectivity index (χ4n) is 4.09. The van der Waals surface area contributed by atoms with Crippen LogP contribution in [0.5, 0.6) is 5.75 Å². The molecule has 0 radical (unpaired) electrons. The van der Waals surface area contributed by atoms with E-state index in [0.717, 1.165) is 33.6 Å². The van der Waals surface area contributed by atoms with Crippen molar-refractivity contribution in [3.63, 3.8) is 0 Å². The molecule has 0 aromatic heterocycles. The van der Waals surface area contributed by atoms with Crippen LogP contribution in [-0.2, 0) is 0 Å². The second-order valence-electron chi connectivity index (χ2n) is 9.37. The van der Waals surface area contributed by atoms with Gasteiger partial charge in [0.1, 0.15) is 5.75 Å². The van der Waals surface area contributed by atoms with E-state index in [0.29, 0.717) is 12.5 Å². The summed E-state index contributed by atoms with van der Waals surface area (Å²) < 4.78 is 8.90. The Morgan fingerprint density at radius 2 is 1.78 bits per heavy atom. The van der Waals surface area contributed by atoms with E-state index in [4.69, 9.17) is 20.0 Å². The largest absolute Gasteiger partial charge is 0.497 e. The fourth-order valence-corrected chi connectivity index (χ4v) is 5.39. The molecule has 1 aliphatic rings. The third-order valence-electron chi connectivity index (χ3n) is 6.35. The number of benzene rings is 3. The number of aryl methyl sites for hydroxylation is 1. The quantitative estimate of drug-likeness (QED) is 0.197. The molecule has 2 atom stereocenters. The maximum atomic E-state index is 5.87. The van der Waals surface area contributed by atoms with Crippen molar-refractivity contribution in [1.82, 2.24) is 9.73 Å². The number of hydrazone groups is 1. The van der Waals surface area contributed by atoms with Crippen LogP contribution in [0, 0.1) is 12.8 Å². The molecule has 0 spiro atoms. The van der Waals surface area contributed by atoms with Gasteiger partial charge >= 0.3 is 0 Å². The van der Waals surface area contributed by atoms with Gasteiger partial charge in [0.25, 0.3) is 0 Å². The zero-order valence-electron chi connectivity index (χ0n) is 21.8. The number of hydrogen-bond donors (Lipinski definition) is 2. The van der Waals surface area contributed by atoms with Gasteiger partial charge in [0.05, 0.1) is 25.4 Å². The predicted molar refractivity (Wildman–Crippen MR) is 158 cm³/mol. The van der Waals surface area contributed by atoms with Gasteiger partial charge in [-0.3, -0.25) is 9.86 Å². The van der Waals surface area contributed by atoms with E-state index in [1.165, 1.54) is 23.1 Å². The summed E-state index contributed by atoms with van der Waals surface area (Å²) in [6.07, 6.45) is 0. The lowest BCUT2D eigenvalue weighted by atomic mass is 9.90. The minimum atomic E-state index is 0.0616. The second-order valence-corrected chi connectivity index (χ2v) is 10.9. The average Bonchev–Trinajstić information content (AvgIpc) is 3.37. The molecular weight excluding hydrogens is 498 g/mol. The van der Waals surface area contributed by atoms with Crippen molar-refractivity contribution >= 4 is 35.6 Å². The van der Waals surface area contributed by atoms with E-state index in [9.17, 15) is 0 Å². The first-order valence-corrected chi connectivity index (χ1v) is 14.3. The molecule has 194 valence electrons. The third kappa shape index (κ3) is 7.09. The van der Waals surface area contributed by atoms with Crippen molar-refractivity contribution in [2.75, 3.05) is 19.4 Å². The van der Waals surface area contributed by atoms with Gasteiger partial charge in [-0.1, -0.05) is 73.8 Å². The number of ether oxygens (including phenoxy) is 1. The topological polar surface area (TPSA) is 75.2 Å². The van der Waals surface area contributed by atoms with Crippen molar-refractivity contribution in [2.45, 2.75) is 37.6 Å². The van der Waals surface area contributed by atoms with Crippen LogP contribution in [0.4, 0.5) is 0 Å². The molecule has 6 nitrogen and oxygen atoms in total. The lowest BCUT2D eigenvalue weighted by Crippen LogP contribution is -2.36. The third-order valence-corrected chi connectivity index (χ3v) is 7.68. The van der Waals surface area contributed by atoms with Gasteiger partial charge in [-0.25, -0.2) is 10.0 Å². The Bertz CT molecular complexity index is 1200. The van der Waals surface area contributed by atoms with Crippen molar-refractivity contribution in [2.24, 2.45) is 21.2 Å². The Morgan fingerprint density at radius 3 is 2.41 bits per heavy atom.